The molecule has 2 heterocycles. The highest BCUT2D eigenvalue weighted by Crippen LogP contribution is 2.30. The van der Waals surface area contributed by atoms with Crippen molar-refractivity contribution in [2.24, 2.45) is 0 Å². The number of nitrogens with zero attached hydrogens (tertiary/aromatic N) is 2. The van der Waals surface area contributed by atoms with Gasteiger partial charge < -0.3 is 5.32 Å². The van der Waals surface area contributed by atoms with Crippen LogP contribution in [0.1, 0.15) is 25.2 Å². The molecule has 0 spiro atoms. The number of thioether (sulfide) groups is 1. The van der Waals surface area contributed by atoms with E-state index in [0.29, 0.717) is 46.4 Å². The molecule has 0 aromatic carbocycles. The Bertz CT molecular complexity index is 560. The van der Waals surface area contributed by atoms with E-state index in [9.17, 15) is 8.42 Å². The Morgan fingerprint density at radius 2 is 2.00 bits per heavy atom. The van der Waals surface area contributed by atoms with Crippen molar-refractivity contribution in [2.45, 2.75) is 42.7 Å². The number of H-pyrrole nitrogens is 1. The highest BCUT2D eigenvalue weighted by Gasteiger charge is 2.35. The topological polar surface area (TPSA) is 78.1 Å². The average Bonchev–Trinajstić information content (AvgIpc) is 2.70. The zero-order valence-electron chi connectivity index (χ0n) is 12.3. The molecule has 1 aromatic heterocycles. The molecular weight excluding hydrogens is 296 g/mol. The van der Waals surface area contributed by atoms with Crippen molar-refractivity contribution in [3.05, 3.63) is 11.4 Å². The van der Waals surface area contributed by atoms with Crippen LogP contribution < -0.4 is 5.32 Å². The SMILES string of the molecule is CNCc1n[nH]c(C)c1S(=O)(=O)N1CC(C)SC(C)C1. The number of sulfonamides is 1. The van der Waals surface area contributed by atoms with Crippen LogP contribution in [0.25, 0.3) is 0 Å². The van der Waals surface area contributed by atoms with Crippen LogP contribution in [0.5, 0.6) is 0 Å². The fourth-order valence-corrected chi connectivity index (χ4v) is 6.01. The van der Waals surface area contributed by atoms with Crippen LogP contribution in [0.4, 0.5) is 0 Å². The summed E-state index contributed by atoms with van der Waals surface area (Å²) in [6.07, 6.45) is 0. The van der Waals surface area contributed by atoms with Crippen molar-refractivity contribution < 1.29 is 8.42 Å². The highest BCUT2D eigenvalue weighted by atomic mass is 32.2. The van der Waals surface area contributed by atoms with Crippen LogP contribution in [0.3, 0.4) is 0 Å². The minimum absolute atomic E-state index is 0.313. The minimum Gasteiger partial charge on any atom is -0.314 e. The van der Waals surface area contributed by atoms with E-state index in [1.165, 1.54) is 0 Å². The van der Waals surface area contributed by atoms with Gasteiger partial charge in [-0.25, -0.2) is 8.42 Å². The molecule has 0 bridgehead atoms. The maximum Gasteiger partial charge on any atom is 0.246 e. The van der Waals surface area contributed by atoms with Crippen LogP contribution in [0.2, 0.25) is 0 Å². The Labute approximate surface area is 124 Å². The van der Waals surface area contributed by atoms with Gasteiger partial charge in [-0.2, -0.15) is 21.2 Å². The van der Waals surface area contributed by atoms with Crippen LogP contribution in [0.15, 0.2) is 4.90 Å². The van der Waals surface area contributed by atoms with Gasteiger partial charge in [-0.1, -0.05) is 13.8 Å². The number of hydrogen-bond acceptors (Lipinski definition) is 5. The molecule has 6 nitrogen and oxygen atoms in total. The summed E-state index contributed by atoms with van der Waals surface area (Å²) >= 11 is 1.84. The molecule has 1 aliphatic heterocycles. The van der Waals surface area contributed by atoms with Crippen LogP contribution in [-0.4, -0.2) is 53.6 Å². The van der Waals surface area contributed by atoms with Gasteiger partial charge in [-0.15, -0.1) is 0 Å². The monoisotopic (exact) mass is 318 g/mol. The number of rotatable bonds is 4. The van der Waals surface area contributed by atoms with E-state index in [1.54, 1.807) is 18.3 Å². The summed E-state index contributed by atoms with van der Waals surface area (Å²) in [6, 6.07) is 0. The standard InChI is InChI=1S/C12H22N4O2S2/c1-8-6-16(7-9(2)19-8)20(17,18)12-10(3)14-15-11(12)5-13-4/h8-9,13H,5-7H2,1-4H3,(H,14,15). The predicted molar refractivity (Wildman–Crippen MR) is 81.4 cm³/mol. The molecule has 2 N–H and O–H groups in total. The van der Waals surface area contributed by atoms with Crippen molar-refractivity contribution in [3.8, 4) is 0 Å². The van der Waals surface area contributed by atoms with Gasteiger partial charge in [0.2, 0.25) is 10.0 Å². The van der Waals surface area contributed by atoms with Gasteiger partial charge in [-0.05, 0) is 14.0 Å². The Hall–Kier alpha value is -0.570. The summed E-state index contributed by atoms with van der Waals surface area (Å²) in [5.41, 5.74) is 1.16. The van der Waals surface area contributed by atoms with Gasteiger partial charge in [0.25, 0.3) is 0 Å². The normalized spacial score (nSPS) is 25.0. The molecule has 0 radical (unpaired) electrons. The molecule has 2 atom stereocenters. The molecule has 0 amide bonds. The van der Waals surface area contributed by atoms with E-state index in [4.69, 9.17) is 0 Å². The van der Waals surface area contributed by atoms with Crippen LogP contribution in [0, 0.1) is 6.92 Å². The molecule has 1 fully saturated rings. The zero-order valence-corrected chi connectivity index (χ0v) is 13.9. The zero-order chi connectivity index (χ0) is 14.9. The van der Waals surface area contributed by atoms with Crippen molar-refractivity contribution >= 4 is 21.8 Å². The second-order valence-electron chi connectivity index (χ2n) is 5.23. The first-order valence-electron chi connectivity index (χ1n) is 6.70. The molecule has 114 valence electrons. The third kappa shape index (κ3) is 3.03. The molecule has 1 aliphatic rings. The number of hydrogen-bond donors (Lipinski definition) is 2. The number of aromatic amines is 1. The van der Waals surface area contributed by atoms with E-state index in [0.717, 1.165) is 0 Å². The summed E-state index contributed by atoms with van der Waals surface area (Å²) in [5, 5.41) is 10.5. The third-order valence-electron chi connectivity index (χ3n) is 3.29. The molecular formula is C12H22N4O2S2. The van der Waals surface area contributed by atoms with Gasteiger partial charge >= 0.3 is 0 Å². The molecule has 2 unspecified atom stereocenters. The Morgan fingerprint density at radius 3 is 2.55 bits per heavy atom. The molecule has 1 aromatic rings. The third-order valence-corrected chi connectivity index (χ3v) is 6.55. The van der Waals surface area contributed by atoms with Crippen molar-refractivity contribution in [3.63, 3.8) is 0 Å². The van der Waals surface area contributed by atoms with E-state index in [2.05, 4.69) is 29.4 Å². The van der Waals surface area contributed by atoms with Crippen LogP contribution in [-0.2, 0) is 16.6 Å². The second-order valence-corrected chi connectivity index (χ2v) is 8.99. The quantitative estimate of drug-likeness (QED) is 0.864. The first-order chi connectivity index (χ1) is 9.36. The Kier molecular flexibility index (Phi) is 4.78. The van der Waals surface area contributed by atoms with Crippen molar-refractivity contribution in [2.75, 3.05) is 20.1 Å². The summed E-state index contributed by atoms with van der Waals surface area (Å²) in [5.74, 6) is 0. The molecule has 2 rings (SSSR count). The molecule has 0 saturated carbocycles. The molecule has 0 aliphatic carbocycles. The van der Waals surface area contributed by atoms with E-state index < -0.39 is 10.0 Å². The maximum atomic E-state index is 12.9. The fraction of sp³-hybridized carbons (Fsp3) is 0.750. The van der Waals surface area contributed by atoms with Gasteiger partial charge in [0.1, 0.15) is 4.90 Å². The molecule has 8 heteroatoms. The first-order valence-corrected chi connectivity index (χ1v) is 9.08. The average molecular weight is 318 g/mol. The lowest BCUT2D eigenvalue weighted by Crippen LogP contribution is -2.44. The lowest BCUT2D eigenvalue weighted by atomic mass is 10.4. The summed E-state index contributed by atoms with van der Waals surface area (Å²) < 4.78 is 27.4. The van der Waals surface area contributed by atoms with E-state index >= 15 is 0 Å². The first kappa shape index (κ1) is 15.8. The summed E-state index contributed by atoms with van der Waals surface area (Å²) in [4.78, 5) is 0.332. The largest absolute Gasteiger partial charge is 0.314 e. The Balaban J connectivity index is 2.37. The van der Waals surface area contributed by atoms with Crippen molar-refractivity contribution in [1.29, 1.82) is 0 Å². The highest BCUT2D eigenvalue weighted by molar-refractivity contribution is 8.00. The lowest BCUT2D eigenvalue weighted by Gasteiger charge is -2.33. The molecule has 20 heavy (non-hydrogen) atoms. The van der Waals surface area contributed by atoms with Crippen LogP contribution >= 0.6 is 11.8 Å². The maximum absolute atomic E-state index is 12.9. The number of nitrogens with one attached hydrogen (secondary N) is 2. The van der Waals surface area contributed by atoms with Gasteiger partial charge in [0.05, 0.1) is 11.4 Å². The molecule has 1 saturated heterocycles. The second kappa shape index (κ2) is 6.05. The summed E-state index contributed by atoms with van der Waals surface area (Å²) in [7, 11) is -1.70. The lowest BCUT2D eigenvalue weighted by molar-refractivity contribution is 0.404. The smallest absolute Gasteiger partial charge is 0.246 e. The number of aryl methyl sites for hydroxylation is 1. The van der Waals surface area contributed by atoms with E-state index in [1.807, 2.05) is 11.8 Å². The van der Waals surface area contributed by atoms with E-state index in [-0.39, 0.29) is 0 Å². The summed E-state index contributed by atoms with van der Waals surface area (Å²) in [6.45, 7) is 7.44. The number of aromatic nitrogens is 2. The fourth-order valence-electron chi connectivity index (χ4n) is 2.55. The minimum atomic E-state index is -3.48. The van der Waals surface area contributed by atoms with Gasteiger partial charge in [0, 0.05) is 30.1 Å². The Morgan fingerprint density at radius 1 is 1.40 bits per heavy atom. The van der Waals surface area contributed by atoms with Gasteiger partial charge in [-0.3, -0.25) is 5.10 Å². The predicted octanol–water partition coefficient (Wildman–Crippen LogP) is 0.952. The van der Waals surface area contributed by atoms with Gasteiger partial charge in [0.15, 0.2) is 0 Å². The van der Waals surface area contributed by atoms with Crippen molar-refractivity contribution in [1.82, 2.24) is 19.8 Å².